The maximum atomic E-state index is 13.5. The van der Waals surface area contributed by atoms with Crippen molar-refractivity contribution in [2.24, 2.45) is 14.1 Å². The zero-order chi connectivity index (χ0) is 22.9. The Kier molecular flexibility index (Phi) is 5.30. The van der Waals surface area contributed by atoms with Crippen molar-refractivity contribution in [1.29, 1.82) is 0 Å². The van der Waals surface area contributed by atoms with Gasteiger partial charge in [-0.1, -0.05) is 0 Å². The summed E-state index contributed by atoms with van der Waals surface area (Å²) in [6.45, 7) is 9.48. The van der Waals surface area contributed by atoms with E-state index in [1.807, 2.05) is 30.9 Å². The van der Waals surface area contributed by atoms with Crippen molar-refractivity contribution in [3.05, 3.63) is 66.3 Å². The summed E-state index contributed by atoms with van der Waals surface area (Å²) >= 11 is 0. The van der Waals surface area contributed by atoms with E-state index in [9.17, 15) is 4.39 Å². The van der Waals surface area contributed by atoms with Crippen molar-refractivity contribution in [1.82, 2.24) is 34.5 Å². The minimum Gasteiger partial charge on any atom is -0.378 e. The number of anilines is 1. The predicted octanol–water partition coefficient (Wildman–Crippen LogP) is 3.75. The third-order valence-corrected chi connectivity index (χ3v) is 6.05. The minimum absolute atomic E-state index is 0.299. The van der Waals surface area contributed by atoms with E-state index in [1.54, 1.807) is 23.3 Å². The average Bonchev–Trinajstić information content (AvgIpc) is 3.47. The van der Waals surface area contributed by atoms with Crippen molar-refractivity contribution in [3.8, 4) is 22.5 Å². The van der Waals surface area contributed by atoms with Crippen LogP contribution in [0.3, 0.4) is 0 Å². The van der Waals surface area contributed by atoms with Gasteiger partial charge >= 0.3 is 0 Å². The summed E-state index contributed by atoms with van der Waals surface area (Å²) in [5, 5.41) is 12.8. The van der Waals surface area contributed by atoms with Gasteiger partial charge in [0.05, 0.1) is 23.6 Å². The molecule has 166 valence electrons. The Bertz CT molecular complexity index is 1320. The predicted molar refractivity (Wildman–Crippen MR) is 121 cm³/mol. The fourth-order valence-corrected chi connectivity index (χ4v) is 4.40. The first-order valence-electron chi connectivity index (χ1n) is 10.7. The normalized spacial score (nSPS) is 14.4. The van der Waals surface area contributed by atoms with Gasteiger partial charge in [-0.2, -0.15) is 9.49 Å². The summed E-state index contributed by atoms with van der Waals surface area (Å²) in [4.78, 5) is 14.6. The monoisotopic (exact) mass is 443 g/mol. The zero-order valence-electron chi connectivity index (χ0n) is 18.4. The highest BCUT2D eigenvalue weighted by Crippen LogP contribution is 2.45. The van der Waals surface area contributed by atoms with Crippen LogP contribution in [0.1, 0.15) is 24.6 Å². The van der Waals surface area contributed by atoms with Gasteiger partial charge in [0.2, 0.25) is 11.6 Å². The Morgan fingerprint density at radius 1 is 1.09 bits per heavy atom. The molecule has 0 atom stereocenters. The second-order valence-electron chi connectivity index (χ2n) is 8.14. The van der Waals surface area contributed by atoms with Gasteiger partial charge < -0.3 is 9.47 Å². The summed E-state index contributed by atoms with van der Waals surface area (Å²) in [5.74, 6) is 0.719. The van der Waals surface area contributed by atoms with Gasteiger partial charge in [0, 0.05) is 62.8 Å². The number of aryl methyl sites for hydroxylation is 2. The second-order valence-corrected chi connectivity index (χ2v) is 8.14. The smallest absolute Gasteiger partial charge is 0.222 e. The lowest BCUT2D eigenvalue weighted by atomic mass is 9.94. The maximum Gasteiger partial charge on any atom is 0.222 e. The SMILES string of the molecule is [C-]#[N+]c1c(-c2ccn(C)n2)cnc(-c2ccc(F)nc2)c1N1CCC(c2nncn2C)CC1. The van der Waals surface area contributed by atoms with Gasteiger partial charge in [-0.25, -0.2) is 9.83 Å². The molecule has 0 saturated carbocycles. The van der Waals surface area contributed by atoms with Crippen molar-refractivity contribution >= 4 is 11.4 Å². The first kappa shape index (κ1) is 20.8. The zero-order valence-corrected chi connectivity index (χ0v) is 18.4. The van der Waals surface area contributed by atoms with Crippen LogP contribution in [0.25, 0.3) is 27.4 Å². The van der Waals surface area contributed by atoms with Crippen LogP contribution in [0, 0.1) is 12.5 Å². The quantitative estimate of drug-likeness (QED) is 0.353. The van der Waals surface area contributed by atoms with Crippen LogP contribution in [-0.4, -0.2) is 47.6 Å². The number of pyridine rings is 2. The van der Waals surface area contributed by atoms with E-state index in [0.29, 0.717) is 34.1 Å². The molecule has 33 heavy (non-hydrogen) atoms. The van der Waals surface area contributed by atoms with Crippen molar-refractivity contribution in [2.75, 3.05) is 18.0 Å². The summed E-state index contributed by atoms with van der Waals surface area (Å²) in [7, 11) is 3.80. The fraction of sp³-hybridized carbons (Fsp3) is 0.304. The Morgan fingerprint density at radius 3 is 2.52 bits per heavy atom. The molecule has 10 heteroatoms. The van der Waals surface area contributed by atoms with E-state index in [0.717, 1.165) is 37.4 Å². The maximum absolute atomic E-state index is 13.5. The number of hydrogen-bond donors (Lipinski definition) is 0. The molecule has 5 rings (SSSR count). The number of rotatable bonds is 4. The van der Waals surface area contributed by atoms with Crippen LogP contribution < -0.4 is 4.90 Å². The summed E-state index contributed by atoms with van der Waals surface area (Å²) in [6.07, 6.45) is 8.44. The van der Waals surface area contributed by atoms with Gasteiger partial charge in [-0.3, -0.25) is 9.67 Å². The molecule has 4 aromatic rings. The van der Waals surface area contributed by atoms with E-state index >= 15 is 0 Å². The molecule has 5 heterocycles. The standard InChI is InChI=1S/C23H22FN9/c1-25-21-17(18-8-9-32(3)30-18)13-27-20(16-4-5-19(24)26-12-16)22(21)33-10-6-15(7-11-33)23-29-28-14-31(23)2/h4-5,8-9,12-15H,6-7,10-11H2,2-3H3. The largest absolute Gasteiger partial charge is 0.378 e. The first-order chi connectivity index (χ1) is 16.0. The lowest BCUT2D eigenvalue weighted by molar-refractivity contribution is 0.474. The third kappa shape index (κ3) is 3.82. The van der Waals surface area contributed by atoms with Crippen LogP contribution in [0.4, 0.5) is 15.8 Å². The van der Waals surface area contributed by atoms with E-state index in [2.05, 4.69) is 30.0 Å². The Balaban J connectivity index is 1.58. The minimum atomic E-state index is -0.555. The van der Waals surface area contributed by atoms with E-state index in [-0.39, 0.29) is 0 Å². The summed E-state index contributed by atoms with van der Waals surface area (Å²) in [6, 6.07) is 4.83. The molecule has 1 aliphatic heterocycles. The highest BCUT2D eigenvalue weighted by Gasteiger charge is 2.29. The molecule has 9 nitrogen and oxygen atoms in total. The van der Waals surface area contributed by atoms with Gasteiger partial charge in [0.1, 0.15) is 12.2 Å². The Labute approximate surface area is 190 Å². The highest BCUT2D eigenvalue weighted by atomic mass is 19.1. The molecule has 1 fully saturated rings. The second kappa shape index (κ2) is 8.43. The lowest BCUT2D eigenvalue weighted by Crippen LogP contribution is -2.34. The van der Waals surface area contributed by atoms with Crippen molar-refractivity contribution in [3.63, 3.8) is 0 Å². The number of halogens is 1. The highest BCUT2D eigenvalue weighted by molar-refractivity contribution is 5.94. The molecule has 4 aromatic heterocycles. The molecule has 0 N–H and O–H groups in total. The molecular weight excluding hydrogens is 421 g/mol. The number of piperidine rings is 1. The first-order valence-corrected chi connectivity index (χ1v) is 10.7. The van der Waals surface area contributed by atoms with Gasteiger partial charge in [-0.15, -0.1) is 10.2 Å². The molecule has 1 aliphatic rings. The van der Waals surface area contributed by atoms with Crippen molar-refractivity contribution in [2.45, 2.75) is 18.8 Å². The van der Waals surface area contributed by atoms with Gasteiger partial charge in [-0.05, 0) is 31.0 Å². The summed E-state index contributed by atoms with van der Waals surface area (Å²) < 4.78 is 17.2. The molecular formula is C23H22FN9. The number of nitrogens with zero attached hydrogens (tertiary/aromatic N) is 9. The van der Waals surface area contributed by atoms with Crippen LogP contribution in [0.5, 0.6) is 0 Å². The van der Waals surface area contributed by atoms with Crippen LogP contribution >= 0.6 is 0 Å². The summed E-state index contributed by atoms with van der Waals surface area (Å²) in [5.41, 5.74) is 3.87. The molecule has 0 amide bonds. The van der Waals surface area contributed by atoms with Crippen LogP contribution in [0.2, 0.25) is 0 Å². The molecule has 0 radical (unpaired) electrons. The average molecular weight is 443 g/mol. The Morgan fingerprint density at radius 2 is 1.91 bits per heavy atom. The molecule has 0 aromatic carbocycles. The van der Waals surface area contributed by atoms with E-state index in [4.69, 9.17) is 11.6 Å². The number of aromatic nitrogens is 7. The molecule has 0 bridgehead atoms. The molecule has 0 unspecified atom stereocenters. The van der Waals surface area contributed by atoms with Crippen LogP contribution in [0.15, 0.2) is 43.1 Å². The third-order valence-electron chi connectivity index (χ3n) is 6.05. The number of hydrogen-bond acceptors (Lipinski definition) is 6. The molecule has 0 spiro atoms. The fourth-order valence-electron chi connectivity index (χ4n) is 4.40. The lowest BCUT2D eigenvalue weighted by Gasteiger charge is -2.35. The van der Waals surface area contributed by atoms with E-state index < -0.39 is 5.95 Å². The Hall–Kier alpha value is -4.13. The van der Waals surface area contributed by atoms with Gasteiger partial charge in [0.25, 0.3) is 0 Å². The van der Waals surface area contributed by atoms with Gasteiger partial charge in [0.15, 0.2) is 0 Å². The van der Waals surface area contributed by atoms with E-state index in [1.165, 1.54) is 12.3 Å². The van der Waals surface area contributed by atoms with Crippen molar-refractivity contribution < 1.29 is 4.39 Å². The topological polar surface area (TPSA) is 81.9 Å². The molecule has 1 saturated heterocycles. The molecule has 0 aliphatic carbocycles. The van der Waals surface area contributed by atoms with Crippen LogP contribution in [-0.2, 0) is 14.1 Å².